The van der Waals surface area contributed by atoms with E-state index in [-0.39, 0.29) is 5.78 Å². The lowest BCUT2D eigenvalue weighted by atomic mass is 10.1. The zero-order valence-electron chi connectivity index (χ0n) is 10.2. The van der Waals surface area contributed by atoms with Crippen molar-refractivity contribution in [1.29, 1.82) is 0 Å². The maximum atomic E-state index is 11.3. The predicted molar refractivity (Wildman–Crippen MR) is 67.7 cm³/mol. The Morgan fingerprint density at radius 3 is 2.76 bits per heavy atom. The number of aryl methyl sites for hydroxylation is 1. The van der Waals surface area contributed by atoms with Crippen LogP contribution in [0.25, 0.3) is 0 Å². The summed E-state index contributed by atoms with van der Waals surface area (Å²) in [6.07, 6.45) is 1.77. The molecule has 88 valence electrons. The Morgan fingerprint density at radius 2 is 2.18 bits per heavy atom. The maximum Gasteiger partial charge on any atom is 0.159 e. The molecule has 1 aromatic heterocycles. The van der Waals surface area contributed by atoms with Crippen molar-refractivity contribution in [1.82, 2.24) is 9.78 Å². The highest BCUT2D eigenvalue weighted by Crippen LogP contribution is 2.20. The van der Waals surface area contributed by atoms with Crippen LogP contribution < -0.4 is 5.32 Å². The van der Waals surface area contributed by atoms with Crippen molar-refractivity contribution in [3.8, 4) is 0 Å². The average Bonchev–Trinajstić information content (AvgIpc) is 2.61. The molecule has 4 heteroatoms. The van der Waals surface area contributed by atoms with Crippen LogP contribution in [0.3, 0.4) is 0 Å². The molecular formula is C13H15N3O. The number of hydrogen-bond donors (Lipinski definition) is 1. The van der Waals surface area contributed by atoms with E-state index < -0.39 is 0 Å². The number of carbonyl (C=O) groups is 1. The number of benzene rings is 1. The van der Waals surface area contributed by atoms with Crippen LogP contribution in [0, 0.1) is 6.92 Å². The summed E-state index contributed by atoms with van der Waals surface area (Å²) < 4.78 is 1.80. The first-order valence-electron chi connectivity index (χ1n) is 5.44. The molecule has 0 radical (unpaired) electrons. The molecule has 0 saturated carbocycles. The van der Waals surface area contributed by atoms with E-state index in [2.05, 4.69) is 10.4 Å². The number of anilines is 2. The Kier molecular flexibility index (Phi) is 2.95. The van der Waals surface area contributed by atoms with Gasteiger partial charge in [0.25, 0.3) is 0 Å². The van der Waals surface area contributed by atoms with Gasteiger partial charge in [-0.2, -0.15) is 5.10 Å². The highest BCUT2D eigenvalue weighted by atomic mass is 16.1. The molecule has 17 heavy (non-hydrogen) atoms. The minimum atomic E-state index is 0.0663. The first-order chi connectivity index (χ1) is 8.08. The van der Waals surface area contributed by atoms with Crippen LogP contribution >= 0.6 is 0 Å². The molecule has 0 bridgehead atoms. The van der Waals surface area contributed by atoms with Gasteiger partial charge < -0.3 is 5.32 Å². The fourth-order valence-corrected chi connectivity index (χ4v) is 1.59. The highest BCUT2D eigenvalue weighted by Gasteiger charge is 2.05. The van der Waals surface area contributed by atoms with Crippen molar-refractivity contribution in [2.24, 2.45) is 7.05 Å². The fourth-order valence-electron chi connectivity index (χ4n) is 1.59. The van der Waals surface area contributed by atoms with Gasteiger partial charge in [0, 0.05) is 18.3 Å². The van der Waals surface area contributed by atoms with Crippen molar-refractivity contribution >= 4 is 17.2 Å². The van der Waals surface area contributed by atoms with E-state index in [1.165, 1.54) is 0 Å². The lowest BCUT2D eigenvalue weighted by Crippen LogP contribution is -1.97. The van der Waals surface area contributed by atoms with Crippen molar-refractivity contribution < 1.29 is 4.79 Å². The minimum absolute atomic E-state index is 0.0663. The predicted octanol–water partition coefficient (Wildman–Crippen LogP) is 2.67. The van der Waals surface area contributed by atoms with Gasteiger partial charge in [-0.1, -0.05) is 12.1 Å². The van der Waals surface area contributed by atoms with Gasteiger partial charge in [-0.15, -0.1) is 0 Å². The second-order valence-corrected chi connectivity index (χ2v) is 4.03. The largest absolute Gasteiger partial charge is 0.353 e. The second kappa shape index (κ2) is 4.41. The zero-order valence-corrected chi connectivity index (χ0v) is 10.2. The molecule has 0 saturated heterocycles. The average molecular weight is 229 g/mol. The third-order valence-corrected chi connectivity index (χ3v) is 2.78. The lowest BCUT2D eigenvalue weighted by molar-refractivity contribution is 0.101. The summed E-state index contributed by atoms with van der Waals surface area (Å²) >= 11 is 0. The molecule has 1 aromatic carbocycles. The number of nitrogens with zero attached hydrogens (tertiary/aromatic N) is 2. The molecule has 1 heterocycles. The van der Waals surface area contributed by atoms with Crippen LogP contribution in [0.1, 0.15) is 23.0 Å². The summed E-state index contributed by atoms with van der Waals surface area (Å²) in [7, 11) is 1.90. The molecule has 0 aliphatic rings. The Balaban J connectivity index is 2.27. The van der Waals surface area contributed by atoms with Crippen LogP contribution in [-0.2, 0) is 7.05 Å². The molecule has 0 fully saturated rings. The van der Waals surface area contributed by atoms with E-state index in [0.29, 0.717) is 5.56 Å². The van der Waals surface area contributed by atoms with Gasteiger partial charge in [-0.25, -0.2) is 0 Å². The van der Waals surface area contributed by atoms with Crippen molar-refractivity contribution in [2.75, 3.05) is 5.32 Å². The standard InChI is InChI=1S/C13H15N3O/c1-9-13(8-14-16(9)3)15-12-6-4-5-11(7-12)10(2)17/h4-8,15H,1-3H3. The van der Waals surface area contributed by atoms with Gasteiger partial charge in [0.1, 0.15) is 0 Å². The number of nitrogens with one attached hydrogen (secondary N) is 1. The number of aromatic nitrogens is 2. The SMILES string of the molecule is CC(=O)c1cccc(Nc2cnn(C)c2C)c1. The van der Waals surface area contributed by atoms with Gasteiger partial charge in [-0.3, -0.25) is 9.48 Å². The monoisotopic (exact) mass is 229 g/mol. The highest BCUT2D eigenvalue weighted by molar-refractivity contribution is 5.95. The number of ketones is 1. The van der Waals surface area contributed by atoms with Gasteiger partial charge in [0.2, 0.25) is 0 Å². The molecular weight excluding hydrogens is 214 g/mol. The quantitative estimate of drug-likeness (QED) is 0.823. The summed E-state index contributed by atoms with van der Waals surface area (Å²) in [5, 5.41) is 7.41. The topological polar surface area (TPSA) is 46.9 Å². The molecule has 2 aromatic rings. The summed E-state index contributed by atoms with van der Waals surface area (Å²) in [6.45, 7) is 3.55. The summed E-state index contributed by atoms with van der Waals surface area (Å²) in [4.78, 5) is 11.3. The molecule has 2 rings (SSSR count). The van der Waals surface area contributed by atoms with Crippen LogP contribution in [0.5, 0.6) is 0 Å². The zero-order chi connectivity index (χ0) is 12.4. The molecule has 0 amide bonds. The van der Waals surface area contributed by atoms with Crippen molar-refractivity contribution in [2.45, 2.75) is 13.8 Å². The first kappa shape index (κ1) is 11.4. The minimum Gasteiger partial charge on any atom is -0.353 e. The Morgan fingerprint density at radius 1 is 1.41 bits per heavy atom. The van der Waals surface area contributed by atoms with Crippen LogP contribution in [-0.4, -0.2) is 15.6 Å². The van der Waals surface area contributed by atoms with Crippen LogP contribution in [0.2, 0.25) is 0 Å². The number of rotatable bonds is 3. The van der Waals surface area contributed by atoms with Gasteiger partial charge >= 0.3 is 0 Å². The Hall–Kier alpha value is -2.10. The third kappa shape index (κ3) is 2.36. The van der Waals surface area contributed by atoms with Gasteiger partial charge in [0.15, 0.2) is 5.78 Å². The number of carbonyl (C=O) groups excluding carboxylic acids is 1. The molecule has 0 atom stereocenters. The summed E-state index contributed by atoms with van der Waals surface area (Å²) in [5.41, 5.74) is 3.61. The van der Waals surface area contributed by atoms with Crippen LogP contribution in [0.4, 0.5) is 11.4 Å². The smallest absolute Gasteiger partial charge is 0.159 e. The van der Waals surface area contributed by atoms with E-state index in [1.807, 2.05) is 38.2 Å². The van der Waals surface area contributed by atoms with Crippen LogP contribution in [0.15, 0.2) is 30.5 Å². The fraction of sp³-hybridized carbons (Fsp3) is 0.231. The van der Waals surface area contributed by atoms with E-state index in [1.54, 1.807) is 17.8 Å². The maximum absolute atomic E-state index is 11.3. The molecule has 4 nitrogen and oxygen atoms in total. The lowest BCUT2D eigenvalue weighted by Gasteiger charge is -2.06. The van der Waals surface area contributed by atoms with Crippen molar-refractivity contribution in [3.05, 3.63) is 41.7 Å². The first-order valence-corrected chi connectivity index (χ1v) is 5.44. The van der Waals surface area contributed by atoms with E-state index in [0.717, 1.165) is 17.1 Å². The Bertz CT molecular complexity index is 558. The van der Waals surface area contributed by atoms with Gasteiger partial charge in [0.05, 0.1) is 17.6 Å². The number of hydrogen-bond acceptors (Lipinski definition) is 3. The van der Waals surface area contributed by atoms with E-state index >= 15 is 0 Å². The molecule has 0 unspecified atom stereocenters. The van der Waals surface area contributed by atoms with Gasteiger partial charge in [-0.05, 0) is 26.0 Å². The molecule has 0 aliphatic heterocycles. The summed E-state index contributed by atoms with van der Waals surface area (Å²) in [5.74, 6) is 0.0663. The van der Waals surface area contributed by atoms with E-state index in [4.69, 9.17) is 0 Å². The summed E-state index contributed by atoms with van der Waals surface area (Å²) in [6, 6.07) is 7.45. The molecule has 0 spiro atoms. The second-order valence-electron chi connectivity index (χ2n) is 4.03. The Labute approximate surface area is 100 Å². The third-order valence-electron chi connectivity index (χ3n) is 2.78. The normalized spacial score (nSPS) is 10.3. The molecule has 0 aliphatic carbocycles. The van der Waals surface area contributed by atoms with E-state index in [9.17, 15) is 4.79 Å². The van der Waals surface area contributed by atoms with Crippen molar-refractivity contribution in [3.63, 3.8) is 0 Å². The number of Topliss-reactive ketones (excluding diaryl/α,β-unsaturated/α-hetero) is 1. The molecule has 1 N–H and O–H groups in total.